The standard InChI is InChI=1S/C21H28FN3O3S/c1-15(2)16(3)23-21(26)18-12-10-17(11-13-18)14-25(29(27,28)24(4)5)20-9-7-6-8-19(20)22/h6-13,15-16H,14H2,1-5H3,(H,23,26)/t16-/m1/s1. The predicted octanol–water partition coefficient (Wildman–Crippen LogP) is 3.41. The predicted molar refractivity (Wildman–Crippen MR) is 113 cm³/mol. The fourth-order valence-electron chi connectivity index (χ4n) is 2.53. The molecule has 2 aromatic carbocycles. The number of carbonyl (C=O) groups excluding carboxylic acids is 1. The summed E-state index contributed by atoms with van der Waals surface area (Å²) in [6, 6.07) is 12.4. The minimum atomic E-state index is -3.92. The fourth-order valence-corrected chi connectivity index (χ4v) is 3.63. The average molecular weight is 422 g/mol. The third-order valence-corrected chi connectivity index (χ3v) is 6.57. The Kier molecular flexibility index (Phi) is 7.37. The monoisotopic (exact) mass is 421 g/mol. The summed E-state index contributed by atoms with van der Waals surface area (Å²) in [6.45, 7) is 5.92. The van der Waals surface area contributed by atoms with Crippen LogP contribution in [0.5, 0.6) is 0 Å². The molecular formula is C21H28FN3O3S. The first kappa shape index (κ1) is 22.8. The van der Waals surface area contributed by atoms with Gasteiger partial charge in [0.05, 0.1) is 12.2 Å². The Labute approximate surface area is 172 Å². The van der Waals surface area contributed by atoms with Crippen LogP contribution in [0.4, 0.5) is 10.1 Å². The Morgan fingerprint density at radius 1 is 1.03 bits per heavy atom. The van der Waals surface area contributed by atoms with E-state index >= 15 is 0 Å². The van der Waals surface area contributed by atoms with Gasteiger partial charge in [-0.1, -0.05) is 38.1 Å². The molecule has 0 saturated carbocycles. The summed E-state index contributed by atoms with van der Waals surface area (Å²) in [5.74, 6) is -0.509. The molecule has 1 atom stereocenters. The van der Waals surface area contributed by atoms with Gasteiger partial charge in [-0.15, -0.1) is 0 Å². The van der Waals surface area contributed by atoms with E-state index in [0.717, 1.165) is 8.61 Å². The Hall–Kier alpha value is -2.45. The van der Waals surface area contributed by atoms with Crippen LogP contribution in [0, 0.1) is 11.7 Å². The number of hydrogen-bond donors (Lipinski definition) is 1. The lowest BCUT2D eigenvalue weighted by molar-refractivity contribution is 0.0930. The molecule has 1 amide bonds. The molecule has 2 aromatic rings. The maximum atomic E-state index is 14.3. The Bertz CT molecular complexity index is 944. The van der Waals surface area contributed by atoms with Gasteiger partial charge < -0.3 is 5.32 Å². The van der Waals surface area contributed by atoms with E-state index in [1.807, 2.05) is 20.8 Å². The number of amides is 1. The number of carbonyl (C=O) groups is 1. The van der Waals surface area contributed by atoms with Crippen LogP contribution < -0.4 is 9.62 Å². The van der Waals surface area contributed by atoms with Gasteiger partial charge >= 0.3 is 10.2 Å². The van der Waals surface area contributed by atoms with Crippen molar-refractivity contribution >= 4 is 21.8 Å². The zero-order valence-electron chi connectivity index (χ0n) is 17.4. The SMILES string of the molecule is CC(C)[C@@H](C)NC(=O)c1ccc(CN(c2ccccc2F)S(=O)(=O)N(C)C)cc1. The van der Waals surface area contributed by atoms with E-state index < -0.39 is 16.0 Å². The second kappa shape index (κ2) is 9.37. The van der Waals surface area contributed by atoms with Gasteiger partial charge in [-0.2, -0.15) is 12.7 Å². The number of benzene rings is 2. The fraction of sp³-hybridized carbons (Fsp3) is 0.381. The van der Waals surface area contributed by atoms with Crippen LogP contribution in [-0.4, -0.2) is 38.8 Å². The largest absolute Gasteiger partial charge is 0.349 e. The van der Waals surface area contributed by atoms with E-state index in [0.29, 0.717) is 17.0 Å². The lowest BCUT2D eigenvalue weighted by atomic mass is 10.1. The average Bonchev–Trinajstić information content (AvgIpc) is 2.66. The molecule has 1 N–H and O–H groups in total. The Morgan fingerprint density at radius 2 is 1.62 bits per heavy atom. The first-order chi connectivity index (χ1) is 13.5. The molecule has 0 unspecified atom stereocenters. The van der Waals surface area contributed by atoms with Gasteiger partial charge in [0, 0.05) is 25.7 Å². The third-order valence-electron chi connectivity index (χ3n) is 4.76. The molecule has 6 nitrogen and oxygen atoms in total. The summed E-state index contributed by atoms with van der Waals surface area (Å²) >= 11 is 0. The highest BCUT2D eigenvalue weighted by Crippen LogP contribution is 2.25. The van der Waals surface area contributed by atoms with E-state index in [9.17, 15) is 17.6 Å². The molecule has 0 bridgehead atoms. The topological polar surface area (TPSA) is 69.7 Å². The second-order valence-corrected chi connectivity index (χ2v) is 9.52. The van der Waals surface area contributed by atoms with Crippen LogP contribution in [0.1, 0.15) is 36.7 Å². The van der Waals surface area contributed by atoms with Gasteiger partial charge in [0.2, 0.25) is 0 Å². The van der Waals surface area contributed by atoms with Crippen molar-refractivity contribution in [2.24, 2.45) is 5.92 Å². The highest BCUT2D eigenvalue weighted by atomic mass is 32.2. The normalized spacial score (nSPS) is 12.8. The maximum Gasteiger partial charge on any atom is 0.303 e. The molecule has 2 rings (SSSR count). The first-order valence-corrected chi connectivity index (χ1v) is 10.8. The van der Waals surface area contributed by atoms with Crippen LogP contribution in [0.15, 0.2) is 48.5 Å². The molecule has 158 valence electrons. The van der Waals surface area contributed by atoms with Gasteiger partial charge in [-0.3, -0.25) is 9.10 Å². The number of para-hydroxylation sites is 1. The van der Waals surface area contributed by atoms with E-state index in [4.69, 9.17) is 0 Å². The van der Waals surface area contributed by atoms with Crippen molar-refractivity contribution in [1.29, 1.82) is 0 Å². The van der Waals surface area contributed by atoms with Crippen LogP contribution in [-0.2, 0) is 16.8 Å². The lowest BCUT2D eigenvalue weighted by Crippen LogP contribution is -2.40. The van der Waals surface area contributed by atoms with Crippen LogP contribution in [0.2, 0.25) is 0 Å². The van der Waals surface area contributed by atoms with Gasteiger partial charge in [0.1, 0.15) is 5.82 Å². The van der Waals surface area contributed by atoms with Gasteiger partial charge in [-0.25, -0.2) is 4.39 Å². The van der Waals surface area contributed by atoms with E-state index in [1.165, 1.54) is 32.3 Å². The summed E-state index contributed by atoms with van der Waals surface area (Å²) in [7, 11) is -1.13. The molecule has 29 heavy (non-hydrogen) atoms. The lowest BCUT2D eigenvalue weighted by Gasteiger charge is -2.27. The Morgan fingerprint density at radius 3 is 2.14 bits per heavy atom. The van der Waals surface area contributed by atoms with E-state index in [1.54, 1.807) is 30.3 Å². The zero-order chi connectivity index (χ0) is 21.8. The number of anilines is 1. The molecule has 8 heteroatoms. The van der Waals surface area contributed by atoms with Gasteiger partial charge in [0.25, 0.3) is 5.91 Å². The van der Waals surface area contributed by atoms with Crippen molar-refractivity contribution < 1.29 is 17.6 Å². The van der Waals surface area contributed by atoms with E-state index in [2.05, 4.69) is 5.32 Å². The number of hydrogen-bond acceptors (Lipinski definition) is 3. The van der Waals surface area contributed by atoms with Crippen LogP contribution >= 0.6 is 0 Å². The second-order valence-electron chi connectivity index (χ2n) is 7.45. The molecule has 0 radical (unpaired) electrons. The molecule has 0 aromatic heterocycles. The maximum absolute atomic E-state index is 14.3. The minimum Gasteiger partial charge on any atom is -0.349 e. The summed E-state index contributed by atoms with van der Waals surface area (Å²) in [5.41, 5.74) is 1.08. The van der Waals surface area contributed by atoms with Crippen molar-refractivity contribution in [2.45, 2.75) is 33.4 Å². The number of halogens is 1. The van der Waals surface area contributed by atoms with Crippen molar-refractivity contribution in [3.8, 4) is 0 Å². The third kappa shape index (κ3) is 5.55. The highest BCUT2D eigenvalue weighted by Gasteiger charge is 2.27. The molecular weight excluding hydrogens is 393 g/mol. The van der Waals surface area contributed by atoms with E-state index in [-0.39, 0.29) is 24.2 Å². The molecule has 0 aliphatic rings. The van der Waals surface area contributed by atoms with Gasteiger partial charge in [-0.05, 0) is 42.7 Å². The molecule has 0 spiro atoms. The Balaban J connectivity index is 2.28. The summed E-state index contributed by atoms with van der Waals surface area (Å²) in [4.78, 5) is 12.3. The summed E-state index contributed by atoms with van der Waals surface area (Å²) in [6.07, 6.45) is 0. The van der Waals surface area contributed by atoms with Crippen LogP contribution in [0.25, 0.3) is 0 Å². The summed E-state index contributed by atoms with van der Waals surface area (Å²) in [5, 5.41) is 2.93. The number of nitrogens with one attached hydrogen (secondary N) is 1. The van der Waals surface area contributed by atoms with Crippen molar-refractivity contribution in [3.05, 3.63) is 65.5 Å². The molecule has 0 aliphatic heterocycles. The molecule has 0 aliphatic carbocycles. The summed E-state index contributed by atoms with van der Waals surface area (Å²) < 4.78 is 41.9. The zero-order valence-corrected chi connectivity index (χ0v) is 18.2. The number of nitrogens with zero attached hydrogens (tertiary/aromatic N) is 2. The highest BCUT2D eigenvalue weighted by molar-refractivity contribution is 7.90. The number of rotatable bonds is 8. The smallest absolute Gasteiger partial charge is 0.303 e. The minimum absolute atomic E-state index is 0.0314. The van der Waals surface area contributed by atoms with Crippen LogP contribution in [0.3, 0.4) is 0 Å². The van der Waals surface area contributed by atoms with Gasteiger partial charge in [0.15, 0.2) is 0 Å². The first-order valence-electron chi connectivity index (χ1n) is 9.38. The van der Waals surface area contributed by atoms with Crippen molar-refractivity contribution in [2.75, 3.05) is 18.4 Å². The molecule has 0 heterocycles. The quantitative estimate of drug-likeness (QED) is 0.710. The molecule has 0 saturated heterocycles. The van der Waals surface area contributed by atoms with Crippen molar-refractivity contribution in [3.63, 3.8) is 0 Å². The molecule has 0 fully saturated rings. The van der Waals surface area contributed by atoms with Crippen molar-refractivity contribution in [1.82, 2.24) is 9.62 Å².